The minimum Gasteiger partial charge on any atom is -0.508 e. The Kier molecular flexibility index (Phi) is 8.87. The third-order valence-corrected chi connectivity index (χ3v) is 7.35. The third-order valence-electron chi connectivity index (χ3n) is 7.35. The fraction of sp³-hybridized carbons (Fsp3) is 0.444. The molecule has 0 bridgehead atoms. The first kappa shape index (κ1) is 31.7. The average Bonchev–Trinajstić information content (AvgIpc) is 2.98. The summed E-state index contributed by atoms with van der Waals surface area (Å²) in [6, 6.07) is 5.12. The molecule has 5 rings (SSSR count). The van der Waals surface area contributed by atoms with E-state index in [0.717, 1.165) is 24.3 Å². The lowest BCUT2D eigenvalue weighted by atomic mass is 9.97. The van der Waals surface area contributed by atoms with Crippen LogP contribution in [0.1, 0.15) is 0 Å². The van der Waals surface area contributed by atoms with E-state index in [0.29, 0.717) is 0 Å². The predicted molar refractivity (Wildman–Crippen MR) is 142 cm³/mol. The zero-order chi connectivity index (χ0) is 32.0. The quantitative estimate of drug-likeness (QED) is 0.119. The number of phenolic OH excluding ortho intramolecular Hbond substituents is 4. The summed E-state index contributed by atoms with van der Waals surface area (Å²) in [5, 5.41) is 111. The Labute approximate surface area is 246 Å². The Morgan fingerprint density at radius 3 is 1.98 bits per heavy atom. The van der Waals surface area contributed by atoms with Crippen LogP contribution in [0.25, 0.3) is 22.3 Å². The van der Waals surface area contributed by atoms with Crippen molar-refractivity contribution in [2.24, 2.45) is 0 Å². The lowest BCUT2D eigenvalue weighted by Crippen LogP contribution is -2.65. The lowest BCUT2D eigenvalue weighted by Gasteiger charge is -2.45. The third kappa shape index (κ3) is 5.61. The minimum absolute atomic E-state index is 0.0707. The molecular weight excluding hydrogens is 596 g/mol. The molecule has 1 aromatic heterocycles. The number of aliphatic hydroxyl groups excluding tert-OH is 7. The van der Waals surface area contributed by atoms with Gasteiger partial charge in [-0.1, -0.05) is 0 Å². The molecule has 0 spiro atoms. The SMILES string of the molecule is O=c1c(O[C@@H]2O[C@H](CO)[C@H](O)[C@H](O)[C@@H]2O[C@@H]2O[C@H](CO)[C@@H](O)[C@H](O)[C@H]2O)c(-c2ccc(O)c(O)c2)oc2cc(O)cc(O)c12. The van der Waals surface area contributed by atoms with E-state index < -0.39 is 120 Å². The number of rotatable bonds is 7. The van der Waals surface area contributed by atoms with E-state index in [1.54, 1.807) is 0 Å². The maximum atomic E-state index is 13.7. The van der Waals surface area contributed by atoms with Gasteiger partial charge >= 0.3 is 0 Å². The Balaban J connectivity index is 1.61. The fourth-order valence-electron chi connectivity index (χ4n) is 4.98. The van der Waals surface area contributed by atoms with Crippen molar-refractivity contribution in [3.05, 3.63) is 40.6 Å². The first-order valence-corrected chi connectivity index (χ1v) is 13.2. The van der Waals surface area contributed by atoms with Crippen LogP contribution in [0.15, 0.2) is 39.5 Å². The molecule has 17 heteroatoms. The van der Waals surface area contributed by atoms with E-state index in [2.05, 4.69) is 0 Å². The highest BCUT2D eigenvalue weighted by Gasteiger charge is 2.51. The van der Waals surface area contributed by atoms with Crippen LogP contribution in [0.5, 0.6) is 28.7 Å². The number of fused-ring (bicyclic) bond motifs is 1. The second kappa shape index (κ2) is 12.3. The van der Waals surface area contributed by atoms with Crippen LogP contribution in [0, 0.1) is 0 Å². The summed E-state index contributed by atoms with van der Waals surface area (Å²) in [5.41, 5.74) is -1.47. The van der Waals surface area contributed by atoms with Crippen LogP contribution < -0.4 is 10.2 Å². The van der Waals surface area contributed by atoms with E-state index in [9.17, 15) is 61.0 Å². The Hall–Kier alpha value is -3.75. The Morgan fingerprint density at radius 2 is 1.34 bits per heavy atom. The van der Waals surface area contributed by atoms with E-state index in [1.807, 2.05) is 0 Å². The molecule has 3 heterocycles. The molecule has 240 valence electrons. The maximum absolute atomic E-state index is 13.7. The van der Waals surface area contributed by atoms with Gasteiger partial charge in [-0.2, -0.15) is 0 Å². The normalized spacial score (nSPS) is 32.5. The highest BCUT2D eigenvalue weighted by atomic mass is 16.8. The van der Waals surface area contributed by atoms with Crippen molar-refractivity contribution in [2.75, 3.05) is 13.2 Å². The number of aromatic hydroxyl groups is 4. The molecule has 0 amide bonds. The van der Waals surface area contributed by atoms with Crippen molar-refractivity contribution in [1.82, 2.24) is 0 Å². The van der Waals surface area contributed by atoms with Gasteiger partial charge in [0.25, 0.3) is 0 Å². The zero-order valence-corrected chi connectivity index (χ0v) is 22.4. The topological polar surface area (TPSA) is 290 Å². The second-order valence-electron chi connectivity index (χ2n) is 10.3. The smallest absolute Gasteiger partial charge is 0.239 e. The molecule has 2 aliphatic rings. The zero-order valence-electron chi connectivity index (χ0n) is 22.4. The van der Waals surface area contributed by atoms with Crippen LogP contribution in [0.2, 0.25) is 0 Å². The molecule has 44 heavy (non-hydrogen) atoms. The highest BCUT2D eigenvalue weighted by molar-refractivity contribution is 5.88. The van der Waals surface area contributed by atoms with Crippen molar-refractivity contribution in [3.63, 3.8) is 0 Å². The van der Waals surface area contributed by atoms with Gasteiger partial charge in [0.1, 0.15) is 65.2 Å². The summed E-state index contributed by atoms with van der Waals surface area (Å²) in [6.07, 6.45) is -18.0. The summed E-state index contributed by atoms with van der Waals surface area (Å²) >= 11 is 0. The molecule has 0 aliphatic carbocycles. The number of phenols is 4. The largest absolute Gasteiger partial charge is 0.508 e. The molecule has 0 saturated carbocycles. The van der Waals surface area contributed by atoms with Crippen molar-refractivity contribution in [2.45, 2.75) is 61.4 Å². The van der Waals surface area contributed by atoms with E-state index in [1.165, 1.54) is 6.07 Å². The molecule has 0 unspecified atom stereocenters. The van der Waals surface area contributed by atoms with Gasteiger partial charge in [0, 0.05) is 17.7 Å². The first-order valence-electron chi connectivity index (χ1n) is 13.2. The Bertz CT molecular complexity index is 1560. The van der Waals surface area contributed by atoms with E-state index in [4.69, 9.17) is 23.4 Å². The average molecular weight is 627 g/mol. The van der Waals surface area contributed by atoms with Gasteiger partial charge < -0.3 is 79.5 Å². The molecule has 2 fully saturated rings. The summed E-state index contributed by atoms with van der Waals surface area (Å²) in [5.74, 6) is -3.54. The number of hydrogen-bond donors (Lipinski definition) is 11. The van der Waals surface area contributed by atoms with Gasteiger partial charge in [-0.3, -0.25) is 4.79 Å². The number of ether oxygens (including phenoxy) is 4. The summed E-state index contributed by atoms with van der Waals surface area (Å²) in [4.78, 5) is 13.7. The van der Waals surface area contributed by atoms with Gasteiger partial charge in [-0.05, 0) is 18.2 Å². The van der Waals surface area contributed by atoms with Crippen LogP contribution in [0.4, 0.5) is 0 Å². The monoisotopic (exact) mass is 626 g/mol. The van der Waals surface area contributed by atoms with Crippen LogP contribution >= 0.6 is 0 Å². The lowest BCUT2D eigenvalue weighted by molar-refractivity contribution is -0.358. The molecule has 10 atom stereocenters. The van der Waals surface area contributed by atoms with E-state index >= 15 is 0 Å². The molecule has 17 nitrogen and oxygen atoms in total. The molecule has 11 N–H and O–H groups in total. The van der Waals surface area contributed by atoms with Crippen LogP contribution in [-0.4, -0.2) is 131 Å². The van der Waals surface area contributed by atoms with Crippen molar-refractivity contribution in [3.8, 4) is 40.1 Å². The number of benzene rings is 2. The van der Waals surface area contributed by atoms with Crippen LogP contribution in [0.3, 0.4) is 0 Å². The van der Waals surface area contributed by atoms with Gasteiger partial charge in [-0.15, -0.1) is 0 Å². The summed E-state index contributed by atoms with van der Waals surface area (Å²) < 4.78 is 28.1. The Morgan fingerprint density at radius 1 is 0.705 bits per heavy atom. The van der Waals surface area contributed by atoms with Crippen molar-refractivity contribution < 1.29 is 79.5 Å². The van der Waals surface area contributed by atoms with Gasteiger partial charge in [0.2, 0.25) is 17.5 Å². The summed E-state index contributed by atoms with van der Waals surface area (Å²) in [6.45, 7) is -1.68. The van der Waals surface area contributed by atoms with Gasteiger partial charge in [0.15, 0.2) is 29.7 Å². The van der Waals surface area contributed by atoms with Gasteiger partial charge in [0.05, 0.1) is 13.2 Å². The molecule has 0 radical (unpaired) electrons. The molecule has 3 aromatic rings. The molecule has 2 aromatic carbocycles. The molecular formula is C27H30O17. The molecule has 2 aliphatic heterocycles. The summed E-state index contributed by atoms with van der Waals surface area (Å²) in [7, 11) is 0. The number of aliphatic hydroxyl groups is 7. The fourth-order valence-corrected chi connectivity index (χ4v) is 4.98. The maximum Gasteiger partial charge on any atom is 0.239 e. The first-order chi connectivity index (χ1) is 20.9. The van der Waals surface area contributed by atoms with E-state index in [-0.39, 0.29) is 11.1 Å². The standard InChI is InChI=1S/C27H30O17/c28-6-14-17(34)20(37)22(39)26(41-14)44-25-21(38)18(35)15(7-29)42-27(25)43-24-19(36)16-12(33)4-9(30)5-13(16)40-23(24)8-1-2-10(31)11(32)3-8/h1-5,14-15,17-18,20-22,25-35,37-39H,6-7H2/t14-,15-,17-,18+,20+,21+,22-,25+,26+,27+/m1/s1. The second-order valence-corrected chi connectivity index (χ2v) is 10.3. The van der Waals surface area contributed by atoms with Gasteiger partial charge in [-0.25, -0.2) is 0 Å². The van der Waals surface area contributed by atoms with Crippen LogP contribution in [-0.2, 0) is 14.2 Å². The highest BCUT2D eigenvalue weighted by Crippen LogP contribution is 2.40. The number of hydrogen-bond acceptors (Lipinski definition) is 17. The minimum atomic E-state index is -1.97. The van der Waals surface area contributed by atoms with Crippen molar-refractivity contribution >= 4 is 11.0 Å². The van der Waals surface area contributed by atoms with Crippen molar-refractivity contribution in [1.29, 1.82) is 0 Å². The predicted octanol–water partition coefficient (Wildman–Crippen LogP) is -2.71. The molecule has 2 saturated heterocycles.